The van der Waals surface area contributed by atoms with E-state index >= 15 is 0 Å². The summed E-state index contributed by atoms with van der Waals surface area (Å²) in [5.41, 5.74) is 1.64. The number of carbonyl (C=O) groups is 1. The number of benzene rings is 2. The molecule has 0 atom stereocenters. The third-order valence-corrected chi connectivity index (χ3v) is 4.84. The average Bonchev–Trinajstić information content (AvgIpc) is 3.19. The second kappa shape index (κ2) is 8.04. The standard InChI is InChI=1S/C21H18ClFN2O3/c22-15-5-3-7-17(20(15)25-10-12-27-13-11-25)24-21(26)19-9-8-18(28-19)14-4-1-2-6-16(14)23/h1-9H,10-13H2,(H,24,26). The van der Waals surface area contributed by atoms with Crippen molar-refractivity contribution in [2.24, 2.45) is 0 Å². The van der Waals surface area contributed by atoms with Crippen LogP contribution in [-0.4, -0.2) is 32.2 Å². The Morgan fingerprint density at radius 3 is 2.61 bits per heavy atom. The highest BCUT2D eigenvalue weighted by Crippen LogP contribution is 2.35. The van der Waals surface area contributed by atoms with Crippen molar-refractivity contribution in [3.8, 4) is 11.3 Å². The molecule has 0 unspecified atom stereocenters. The van der Waals surface area contributed by atoms with Crippen LogP contribution in [-0.2, 0) is 4.74 Å². The van der Waals surface area contributed by atoms with Gasteiger partial charge in [0.15, 0.2) is 5.76 Å². The molecule has 7 heteroatoms. The lowest BCUT2D eigenvalue weighted by Gasteiger charge is -2.31. The van der Waals surface area contributed by atoms with Gasteiger partial charge in [-0.05, 0) is 36.4 Å². The molecule has 1 N–H and O–H groups in total. The summed E-state index contributed by atoms with van der Waals surface area (Å²) < 4.78 is 24.9. The number of furan rings is 1. The number of nitrogens with one attached hydrogen (secondary N) is 1. The number of amides is 1. The van der Waals surface area contributed by atoms with Crippen molar-refractivity contribution < 1.29 is 18.3 Å². The van der Waals surface area contributed by atoms with E-state index in [2.05, 4.69) is 10.2 Å². The first-order chi connectivity index (χ1) is 13.6. The molecule has 0 saturated carbocycles. The monoisotopic (exact) mass is 400 g/mol. The highest BCUT2D eigenvalue weighted by molar-refractivity contribution is 6.34. The number of hydrogen-bond donors (Lipinski definition) is 1. The lowest BCUT2D eigenvalue weighted by atomic mass is 10.1. The van der Waals surface area contributed by atoms with E-state index in [1.165, 1.54) is 12.1 Å². The van der Waals surface area contributed by atoms with E-state index in [1.807, 2.05) is 0 Å². The van der Waals surface area contributed by atoms with E-state index < -0.39 is 11.7 Å². The predicted molar refractivity (Wildman–Crippen MR) is 107 cm³/mol. The van der Waals surface area contributed by atoms with Crippen LogP contribution in [0.3, 0.4) is 0 Å². The van der Waals surface area contributed by atoms with Crippen LogP contribution < -0.4 is 10.2 Å². The van der Waals surface area contributed by atoms with Gasteiger partial charge in [0.25, 0.3) is 5.91 Å². The van der Waals surface area contributed by atoms with Crippen molar-refractivity contribution in [3.05, 3.63) is 71.2 Å². The maximum Gasteiger partial charge on any atom is 0.291 e. The van der Waals surface area contributed by atoms with Gasteiger partial charge in [-0.3, -0.25) is 4.79 Å². The van der Waals surface area contributed by atoms with E-state index in [0.717, 1.165) is 5.69 Å². The number of carbonyl (C=O) groups excluding carboxylic acids is 1. The van der Waals surface area contributed by atoms with Crippen LogP contribution in [0.15, 0.2) is 59.0 Å². The third-order valence-electron chi connectivity index (χ3n) is 4.53. The SMILES string of the molecule is O=C(Nc1cccc(Cl)c1N1CCOCC1)c1ccc(-c2ccccc2F)o1. The molecule has 0 spiro atoms. The van der Waals surface area contributed by atoms with Crippen molar-refractivity contribution >= 4 is 28.9 Å². The normalized spacial score (nSPS) is 14.1. The summed E-state index contributed by atoms with van der Waals surface area (Å²) in [5.74, 6) is -0.457. The first-order valence-corrected chi connectivity index (χ1v) is 9.28. The lowest BCUT2D eigenvalue weighted by Crippen LogP contribution is -2.37. The van der Waals surface area contributed by atoms with Crippen LogP contribution >= 0.6 is 11.6 Å². The summed E-state index contributed by atoms with van der Waals surface area (Å²) in [6.45, 7) is 2.57. The van der Waals surface area contributed by atoms with E-state index in [9.17, 15) is 9.18 Å². The maximum atomic E-state index is 13.9. The van der Waals surface area contributed by atoms with Crippen LogP contribution in [0.1, 0.15) is 10.6 Å². The Morgan fingerprint density at radius 1 is 1.04 bits per heavy atom. The summed E-state index contributed by atoms with van der Waals surface area (Å²) in [6, 6.07) is 14.7. The number of para-hydroxylation sites is 1. The fraction of sp³-hybridized carbons (Fsp3) is 0.190. The number of morpholine rings is 1. The maximum absolute atomic E-state index is 13.9. The number of nitrogens with zero attached hydrogens (tertiary/aromatic N) is 1. The molecule has 1 amide bonds. The molecule has 144 valence electrons. The molecule has 0 radical (unpaired) electrons. The van der Waals surface area contributed by atoms with Gasteiger partial charge in [-0.2, -0.15) is 0 Å². The Kier molecular flexibility index (Phi) is 5.32. The topological polar surface area (TPSA) is 54.7 Å². The Labute approximate surface area is 166 Å². The molecule has 1 aromatic heterocycles. The van der Waals surface area contributed by atoms with Crippen LogP contribution in [0.4, 0.5) is 15.8 Å². The molecule has 5 nitrogen and oxygen atoms in total. The minimum Gasteiger partial charge on any atom is -0.451 e. The van der Waals surface area contributed by atoms with Gasteiger partial charge in [0.1, 0.15) is 11.6 Å². The first-order valence-electron chi connectivity index (χ1n) is 8.91. The zero-order chi connectivity index (χ0) is 19.5. The molecular formula is C21H18ClFN2O3. The molecule has 2 heterocycles. The fourth-order valence-corrected chi connectivity index (χ4v) is 3.47. The number of rotatable bonds is 4. The number of ether oxygens (including phenoxy) is 1. The summed E-state index contributed by atoms with van der Waals surface area (Å²) in [5, 5.41) is 3.40. The minimum atomic E-state index is -0.431. The molecule has 1 aliphatic rings. The summed E-state index contributed by atoms with van der Waals surface area (Å²) >= 11 is 6.39. The van der Waals surface area contributed by atoms with E-state index in [1.54, 1.807) is 42.5 Å². The van der Waals surface area contributed by atoms with Crippen LogP contribution in [0.5, 0.6) is 0 Å². The molecule has 0 aliphatic carbocycles. The molecule has 1 aliphatic heterocycles. The molecule has 1 fully saturated rings. The molecule has 2 aromatic carbocycles. The highest BCUT2D eigenvalue weighted by atomic mass is 35.5. The molecule has 4 rings (SSSR count). The van der Waals surface area contributed by atoms with E-state index in [0.29, 0.717) is 48.3 Å². The van der Waals surface area contributed by atoms with Crippen molar-refractivity contribution in [3.63, 3.8) is 0 Å². The molecular weight excluding hydrogens is 383 g/mol. The van der Waals surface area contributed by atoms with Gasteiger partial charge in [-0.1, -0.05) is 29.8 Å². The smallest absolute Gasteiger partial charge is 0.291 e. The van der Waals surface area contributed by atoms with Crippen molar-refractivity contribution in [2.75, 3.05) is 36.5 Å². The van der Waals surface area contributed by atoms with E-state index in [4.69, 9.17) is 20.8 Å². The Morgan fingerprint density at radius 2 is 1.82 bits per heavy atom. The van der Waals surface area contributed by atoms with Gasteiger partial charge < -0.3 is 19.4 Å². The van der Waals surface area contributed by atoms with Gasteiger partial charge >= 0.3 is 0 Å². The average molecular weight is 401 g/mol. The number of anilines is 2. The van der Waals surface area contributed by atoms with Gasteiger partial charge in [-0.15, -0.1) is 0 Å². The summed E-state index contributed by atoms with van der Waals surface area (Å²) in [4.78, 5) is 14.8. The van der Waals surface area contributed by atoms with E-state index in [-0.39, 0.29) is 5.76 Å². The van der Waals surface area contributed by atoms with Crippen molar-refractivity contribution in [1.82, 2.24) is 0 Å². The quantitative estimate of drug-likeness (QED) is 0.681. The third kappa shape index (κ3) is 3.74. The van der Waals surface area contributed by atoms with Gasteiger partial charge in [0.2, 0.25) is 0 Å². The van der Waals surface area contributed by atoms with Crippen molar-refractivity contribution in [2.45, 2.75) is 0 Å². The molecule has 0 bridgehead atoms. The van der Waals surface area contributed by atoms with Crippen molar-refractivity contribution in [1.29, 1.82) is 0 Å². The zero-order valence-electron chi connectivity index (χ0n) is 15.0. The molecule has 3 aromatic rings. The minimum absolute atomic E-state index is 0.0890. The molecule has 28 heavy (non-hydrogen) atoms. The van der Waals surface area contributed by atoms with Crippen LogP contribution in [0.25, 0.3) is 11.3 Å². The summed E-state index contributed by atoms with van der Waals surface area (Å²) in [7, 11) is 0. The second-order valence-electron chi connectivity index (χ2n) is 6.33. The predicted octanol–water partition coefficient (Wildman–Crippen LogP) is 4.83. The van der Waals surface area contributed by atoms with Crippen LogP contribution in [0.2, 0.25) is 5.02 Å². The number of halogens is 2. The fourth-order valence-electron chi connectivity index (χ4n) is 3.17. The first kappa shape index (κ1) is 18.5. The Bertz CT molecular complexity index is 999. The largest absolute Gasteiger partial charge is 0.451 e. The Hall–Kier alpha value is -2.83. The zero-order valence-corrected chi connectivity index (χ0v) is 15.7. The van der Waals surface area contributed by atoms with Gasteiger partial charge in [-0.25, -0.2) is 4.39 Å². The molecule has 1 saturated heterocycles. The van der Waals surface area contributed by atoms with Gasteiger partial charge in [0, 0.05) is 13.1 Å². The summed E-state index contributed by atoms with van der Waals surface area (Å²) in [6.07, 6.45) is 0. The lowest BCUT2D eigenvalue weighted by molar-refractivity contribution is 0.0997. The second-order valence-corrected chi connectivity index (χ2v) is 6.74. The van der Waals surface area contributed by atoms with Gasteiger partial charge in [0.05, 0.1) is 35.2 Å². The Balaban J connectivity index is 1.58. The number of hydrogen-bond acceptors (Lipinski definition) is 4. The highest BCUT2D eigenvalue weighted by Gasteiger charge is 2.21. The van der Waals surface area contributed by atoms with Crippen LogP contribution in [0, 0.1) is 5.82 Å².